The third-order valence-electron chi connectivity index (χ3n) is 12.8. The zero-order valence-corrected chi connectivity index (χ0v) is 44.0. The number of carboxylic acid groups (broad SMARTS) is 1. The number of para-hydroxylation sites is 1. The van der Waals surface area contributed by atoms with Crippen molar-refractivity contribution in [3.8, 4) is 6.07 Å². The molecule has 2 aromatic carbocycles. The zero-order chi connectivity index (χ0) is 51.9. The number of fused-ring (bicyclic) bond motifs is 1. The van der Waals surface area contributed by atoms with Gasteiger partial charge in [0.15, 0.2) is 17.7 Å². The number of benzene rings is 2. The molecular formula is C53H75BrN6O9. The van der Waals surface area contributed by atoms with E-state index in [4.69, 9.17) is 15.7 Å². The first kappa shape index (κ1) is 57.9. The lowest BCUT2D eigenvalue weighted by molar-refractivity contribution is -0.169. The van der Waals surface area contributed by atoms with E-state index < -0.39 is 71.6 Å². The summed E-state index contributed by atoms with van der Waals surface area (Å²) in [6, 6.07) is 13.7. The van der Waals surface area contributed by atoms with Crippen molar-refractivity contribution in [2.45, 2.75) is 150 Å². The molecule has 3 N–H and O–H groups in total. The zero-order valence-electron chi connectivity index (χ0n) is 42.4. The topological polar surface area (TPSA) is 213 Å². The van der Waals surface area contributed by atoms with Crippen molar-refractivity contribution < 1.29 is 43.4 Å². The Morgan fingerprint density at radius 2 is 1.28 bits per heavy atom. The summed E-state index contributed by atoms with van der Waals surface area (Å²) in [6.45, 7) is 15.4. The average molecular weight is 1020 g/mol. The number of nitrogens with two attached hydrogens (primary N) is 1. The number of carbonyl (C=O) groups is 7. The van der Waals surface area contributed by atoms with Crippen LogP contribution in [0.15, 0.2) is 59.2 Å². The summed E-state index contributed by atoms with van der Waals surface area (Å²) in [5.41, 5.74) is 8.90. The molecule has 0 saturated heterocycles. The van der Waals surface area contributed by atoms with E-state index in [1.165, 1.54) is 23.8 Å². The number of likely N-dealkylation sites (N-methyl/N-ethyl adjacent to an activating group) is 3. The average Bonchev–Trinajstić information content (AvgIpc) is 3.64. The Morgan fingerprint density at radius 3 is 1.80 bits per heavy atom. The second-order valence-corrected chi connectivity index (χ2v) is 20.7. The Labute approximate surface area is 417 Å². The van der Waals surface area contributed by atoms with Gasteiger partial charge in [0, 0.05) is 93.2 Å². The number of hydrogen-bond acceptors (Lipinski definition) is 10. The van der Waals surface area contributed by atoms with Crippen LogP contribution < -0.4 is 5.73 Å². The number of nitrogens with zero attached hydrogens (tertiary/aromatic N) is 5. The SMILES string of the molecule is CC[C@H](N)C(=O)N(C)[C@@H](CC(C)C)C(=O)C[C@@H](CC(C)C)C(=O)N(C)[C@@H](Cc1cn(Cc2ccc(Br)cc2)c2ccccc12)C(=O)C[C@@H](CC(C)C)C(=O)N(C)[C@@H](C)C(=O)O[C@H](CCC#N)C(=O)O. The van der Waals surface area contributed by atoms with Gasteiger partial charge in [0.05, 0.1) is 24.2 Å². The number of aliphatic carboxylic acids is 1. The van der Waals surface area contributed by atoms with Crippen LogP contribution in [0.1, 0.15) is 118 Å². The molecule has 3 amide bonds. The highest BCUT2D eigenvalue weighted by atomic mass is 79.9. The molecule has 0 saturated carbocycles. The number of Topliss-reactive ketones (excluding diaryl/α,β-unsaturated/α-hetero) is 2. The van der Waals surface area contributed by atoms with Crippen LogP contribution in [0.3, 0.4) is 0 Å². The Balaban J connectivity index is 2.13. The highest BCUT2D eigenvalue weighted by Crippen LogP contribution is 2.30. The summed E-state index contributed by atoms with van der Waals surface area (Å²) in [5, 5.41) is 19.5. The summed E-state index contributed by atoms with van der Waals surface area (Å²) >= 11 is 3.51. The highest BCUT2D eigenvalue weighted by molar-refractivity contribution is 9.10. The fourth-order valence-corrected chi connectivity index (χ4v) is 9.07. The van der Waals surface area contributed by atoms with E-state index in [0.29, 0.717) is 25.8 Å². The predicted molar refractivity (Wildman–Crippen MR) is 269 cm³/mol. The van der Waals surface area contributed by atoms with Crippen molar-refractivity contribution in [1.29, 1.82) is 5.26 Å². The van der Waals surface area contributed by atoms with Gasteiger partial charge in [-0.3, -0.25) is 24.0 Å². The second-order valence-electron chi connectivity index (χ2n) is 19.8. The molecule has 0 aliphatic rings. The number of esters is 1. The van der Waals surface area contributed by atoms with E-state index >= 15 is 9.59 Å². The molecule has 0 aliphatic carbocycles. The maximum atomic E-state index is 15.2. The van der Waals surface area contributed by atoms with Crippen molar-refractivity contribution in [2.75, 3.05) is 21.1 Å². The van der Waals surface area contributed by atoms with Crippen LogP contribution in [0, 0.1) is 40.9 Å². The molecule has 0 unspecified atom stereocenters. The minimum atomic E-state index is -1.58. The smallest absolute Gasteiger partial charge is 0.345 e. The monoisotopic (exact) mass is 1020 g/mol. The Hall–Kier alpha value is -5.40. The molecule has 0 aliphatic heterocycles. The van der Waals surface area contributed by atoms with E-state index in [1.807, 2.05) is 102 Å². The summed E-state index contributed by atoms with van der Waals surface area (Å²) in [4.78, 5) is 101. The van der Waals surface area contributed by atoms with Gasteiger partial charge in [-0.1, -0.05) is 94.7 Å². The molecule has 0 spiro atoms. The van der Waals surface area contributed by atoms with Gasteiger partial charge in [0.25, 0.3) is 0 Å². The van der Waals surface area contributed by atoms with Crippen LogP contribution >= 0.6 is 15.9 Å². The maximum absolute atomic E-state index is 15.2. The lowest BCUT2D eigenvalue weighted by Crippen LogP contribution is -2.51. The normalized spacial score (nSPS) is 14.6. The van der Waals surface area contributed by atoms with Gasteiger partial charge in [-0.15, -0.1) is 0 Å². The van der Waals surface area contributed by atoms with E-state index in [-0.39, 0.29) is 68.0 Å². The van der Waals surface area contributed by atoms with Crippen LogP contribution in [0.4, 0.5) is 0 Å². The number of amides is 3. The number of ketones is 2. The molecule has 16 heteroatoms. The molecule has 15 nitrogen and oxygen atoms in total. The first-order valence-corrected chi connectivity index (χ1v) is 24.9. The largest absolute Gasteiger partial charge is 0.479 e. The number of nitriles is 1. The lowest BCUT2D eigenvalue weighted by Gasteiger charge is -2.34. The molecule has 378 valence electrons. The third-order valence-corrected chi connectivity index (χ3v) is 13.3. The predicted octanol–water partition coefficient (Wildman–Crippen LogP) is 7.82. The molecule has 0 radical (unpaired) electrons. The maximum Gasteiger partial charge on any atom is 0.345 e. The molecule has 1 aromatic heterocycles. The molecule has 1 heterocycles. The van der Waals surface area contributed by atoms with Crippen molar-refractivity contribution >= 4 is 68.1 Å². The van der Waals surface area contributed by atoms with E-state index in [0.717, 1.165) is 31.4 Å². The van der Waals surface area contributed by atoms with Crippen molar-refractivity contribution in [3.63, 3.8) is 0 Å². The van der Waals surface area contributed by atoms with Crippen LogP contribution in [0.25, 0.3) is 10.9 Å². The van der Waals surface area contributed by atoms with Crippen molar-refractivity contribution in [2.24, 2.45) is 35.3 Å². The molecule has 7 atom stereocenters. The van der Waals surface area contributed by atoms with Gasteiger partial charge in [0.2, 0.25) is 17.7 Å². The number of ether oxygens (including phenoxy) is 1. The fourth-order valence-electron chi connectivity index (χ4n) is 8.80. The number of hydrogen-bond donors (Lipinski definition) is 2. The van der Waals surface area contributed by atoms with E-state index in [9.17, 15) is 29.1 Å². The number of carboxylic acids is 1. The van der Waals surface area contributed by atoms with Crippen LogP contribution in [0.2, 0.25) is 0 Å². The Kier molecular flexibility index (Phi) is 22.8. The number of rotatable bonds is 28. The summed E-state index contributed by atoms with van der Waals surface area (Å²) in [6.07, 6.45) is 1.000. The van der Waals surface area contributed by atoms with Crippen LogP contribution in [-0.2, 0) is 51.3 Å². The fraction of sp³-hybridized carbons (Fsp3) is 0.585. The third kappa shape index (κ3) is 16.6. The van der Waals surface area contributed by atoms with Crippen molar-refractivity contribution in [3.05, 3.63) is 70.3 Å². The van der Waals surface area contributed by atoms with Crippen molar-refractivity contribution in [1.82, 2.24) is 19.3 Å². The van der Waals surface area contributed by atoms with Gasteiger partial charge in [-0.2, -0.15) is 5.26 Å². The lowest BCUT2D eigenvalue weighted by atomic mass is 9.85. The molecule has 3 aromatic rings. The molecular weight excluding hydrogens is 945 g/mol. The summed E-state index contributed by atoms with van der Waals surface area (Å²) < 4.78 is 8.28. The van der Waals surface area contributed by atoms with Gasteiger partial charge in [-0.25, -0.2) is 9.59 Å². The van der Waals surface area contributed by atoms with Gasteiger partial charge >= 0.3 is 11.9 Å². The summed E-state index contributed by atoms with van der Waals surface area (Å²) in [7, 11) is 4.54. The Bertz CT molecular complexity index is 2290. The van der Waals surface area contributed by atoms with Gasteiger partial charge in [-0.05, 0) is 79.7 Å². The minimum Gasteiger partial charge on any atom is -0.479 e. The number of halogens is 1. The second kappa shape index (κ2) is 27.1. The standard InChI is InChI=1S/C53H75BrN6O9/c1-12-42(56)51(65)59(11)44(26-34(6)7)46(61)29-38(25-33(4)5)50(64)58(10)45(27-39-31-60(43-17-14-13-16-41(39)43)30-36-19-21-40(54)22-20-36)47(62)28-37(24-32(2)3)49(63)57(9)35(8)53(68)69-48(52(66)67)18-15-23-55/h13-14,16-17,19-22,31-35,37-38,42,44-45,48H,12,15,18,24-30,56H2,1-11H3,(H,66,67)/t35-,37+,38+,42-,44-,45-,48+/m0/s1. The quantitative estimate of drug-likeness (QED) is 0.0669. The molecule has 3 rings (SSSR count). The van der Waals surface area contributed by atoms with E-state index in [2.05, 4.69) is 20.5 Å². The molecule has 0 fully saturated rings. The van der Waals surface area contributed by atoms with Crippen LogP contribution in [0.5, 0.6) is 0 Å². The van der Waals surface area contributed by atoms with Gasteiger partial charge in [0.1, 0.15) is 6.04 Å². The Morgan fingerprint density at radius 1 is 0.754 bits per heavy atom. The first-order valence-electron chi connectivity index (χ1n) is 24.1. The summed E-state index contributed by atoms with van der Waals surface area (Å²) in [5.74, 6) is -6.19. The number of aromatic nitrogens is 1. The van der Waals surface area contributed by atoms with Crippen LogP contribution in [-0.4, -0.2) is 117 Å². The highest BCUT2D eigenvalue weighted by Gasteiger charge is 2.39. The molecule has 69 heavy (non-hydrogen) atoms. The number of carbonyl (C=O) groups excluding carboxylic acids is 6. The first-order chi connectivity index (χ1) is 32.4. The van der Waals surface area contributed by atoms with E-state index in [1.54, 1.807) is 21.0 Å². The minimum absolute atomic E-state index is 0.0169. The molecule has 0 bridgehead atoms. The van der Waals surface area contributed by atoms with Gasteiger partial charge < -0.3 is 34.8 Å².